The minimum Gasteiger partial charge on any atom is -0.326 e. The zero-order valence-electron chi connectivity index (χ0n) is 14.2. The molecule has 0 aromatic carbocycles. The van der Waals surface area contributed by atoms with E-state index in [1.807, 2.05) is 0 Å². The Morgan fingerprint density at radius 1 is 1.15 bits per heavy atom. The maximum Gasteiger partial charge on any atom is 0.0250 e. The second kappa shape index (κ2) is 6.33. The van der Waals surface area contributed by atoms with Crippen LogP contribution in [0.5, 0.6) is 0 Å². The minimum atomic E-state index is 0.367. The van der Waals surface area contributed by atoms with Crippen LogP contribution in [0.2, 0.25) is 0 Å². The SMILES string of the molecule is CN1CCCC(N(C)C2CC(C(C)(C)C)CCC2N)C1. The molecule has 118 valence electrons. The molecule has 2 aliphatic rings. The Kier molecular flexibility index (Phi) is 5.14. The lowest BCUT2D eigenvalue weighted by molar-refractivity contribution is 0.0364. The summed E-state index contributed by atoms with van der Waals surface area (Å²) in [6.07, 6.45) is 6.45. The molecule has 1 aliphatic carbocycles. The number of likely N-dealkylation sites (N-methyl/N-ethyl adjacent to an activating group) is 2. The van der Waals surface area contributed by atoms with Crippen LogP contribution in [0, 0.1) is 11.3 Å². The van der Waals surface area contributed by atoms with Gasteiger partial charge in [-0.05, 0) is 64.1 Å². The fraction of sp³-hybridized carbons (Fsp3) is 1.00. The van der Waals surface area contributed by atoms with Gasteiger partial charge in [0.2, 0.25) is 0 Å². The van der Waals surface area contributed by atoms with Crippen LogP contribution in [0.1, 0.15) is 52.9 Å². The van der Waals surface area contributed by atoms with Crippen LogP contribution < -0.4 is 5.73 Å². The van der Waals surface area contributed by atoms with Gasteiger partial charge in [-0.3, -0.25) is 4.90 Å². The molecule has 2 fully saturated rings. The Balaban J connectivity index is 2.01. The largest absolute Gasteiger partial charge is 0.326 e. The first-order valence-electron chi connectivity index (χ1n) is 8.45. The summed E-state index contributed by atoms with van der Waals surface area (Å²) >= 11 is 0. The molecule has 20 heavy (non-hydrogen) atoms. The lowest BCUT2D eigenvalue weighted by atomic mass is 9.69. The number of rotatable bonds is 2. The predicted octanol–water partition coefficient (Wildman–Crippen LogP) is 2.55. The van der Waals surface area contributed by atoms with Gasteiger partial charge < -0.3 is 10.6 Å². The molecule has 2 rings (SSSR count). The van der Waals surface area contributed by atoms with Crippen molar-refractivity contribution >= 4 is 0 Å². The van der Waals surface area contributed by atoms with E-state index < -0.39 is 0 Å². The second-order valence-electron chi connectivity index (χ2n) is 8.33. The van der Waals surface area contributed by atoms with Gasteiger partial charge >= 0.3 is 0 Å². The third kappa shape index (κ3) is 3.75. The van der Waals surface area contributed by atoms with Gasteiger partial charge in [-0.25, -0.2) is 0 Å². The standard InChI is InChI=1S/C17H35N3/c1-17(2,3)13-8-9-15(18)16(11-13)20(5)14-7-6-10-19(4)12-14/h13-16H,6-12,18H2,1-5H3. The Morgan fingerprint density at radius 2 is 1.85 bits per heavy atom. The van der Waals surface area contributed by atoms with Crippen LogP contribution in [-0.2, 0) is 0 Å². The van der Waals surface area contributed by atoms with E-state index in [1.54, 1.807) is 0 Å². The zero-order chi connectivity index (χ0) is 14.9. The van der Waals surface area contributed by atoms with Crippen molar-refractivity contribution in [2.75, 3.05) is 27.2 Å². The molecular formula is C17H35N3. The smallest absolute Gasteiger partial charge is 0.0250 e. The molecule has 0 amide bonds. The van der Waals surface area contributed by atoms with Crippen LogP contribution in [0.25, 0.3) is 0 Å². The van der Waals surface area contributed by atoms with E-state index >= 15 is 0 Å². The number of hydrogen-bond donors (Lipinski definition) is 1. The third-order valence-corrected chi connectivity index (χ3v) is 5.79. The lowest BCUT2D eigenvalue weighted by Gasteiger charge is -2.47. The first kappa shape index (κ1) is 16.3. The van der Waals surface area contributed by atoms with E-state index in [-0.39, 0.29) is 0 Å². The Morgan fingerprint density at radius 3 is 2.45 bits per heavy atom. The molecule has 1 aliphatic heterocycles. The molecule has 4 unspecified atom stereocenters. The van der Waals surface area contributed by atoms with Crippen molar-refractivity contribution in [2.24, 2.45) is 17.1 Å². The van der Waals surface area contributed by atoms with E-state index in [0.717, 1.165) is 5.92 Å². The fourth-order valence-electron chi connectivity index (χ4n) is 4.17. The average molecular weight is 281 g/mol. The van der Waals surface area contributed by atoms with E-state index in [9.17, 15) is 0 Å². The van der Waals surface area contributed by atoms with Gasteiger partial charge in [0, 0.05) is 24.7 Å². The molecule has 0 radical (unpaired) electrons. The predicted molar refractivity (Wildman–Crippen MR) is 86.8 cm³/mol. The van der Waals surface area contributed by atoms with Crippen molar-refractivity contribution < 1.29 is 0 Å². The summed E-state index contributed by atoms with van der Waals surface area (Å²) in [5, 5.41) is 0. The maximum atomic E-state index is 6.47. The number of hydrogen-bond acceptors (Lipinski definition) is 3. The molecule has 2 N–H and O–H groups in total. The number of piperidine rings is 1. The van der Waals surface area contributed by atoms with Gasteiger partial charge in [0.15, 0.2) is 0 Å². The Labute approximate surface area is 125 Å². The highest BCUT2D eigenvalue weighted by molar-refractivity contribution is 4.94. The van der Waals surface area contributed by atoms with Crippen molar-refractivity contribution in [3.8, 4) is 0 Å². The summed E-state index contributed by atoms with van der Waals surface area (Å²) in [7, 11) is 4.57. The van der Waals surface area contributed by atoms with Gasteiger partial charge in [-0.1, -0.05) is 20.8 Å². The monoisotopic (exact) mass is 281 g/mol. The van der Waals surface area contributed by atoms with Gasteiger partial charge in [0.25, 0.3) is 0 Å². The number of nitrogens with two attached hydrogens (primary N) is 1. The normalized spacial score (nSPS) is 37.4. The maximum absolute atomic E-state index is 6.47. The third-order valence-electron chi connectivity index (χ3n) is 5.79. The molecular weight excluding hydrogens is 246 g/mol. The summed E-state index contributed by atoms with van der Waals surface area (Å²) in [4.78, 5) is 5.10. The Bertz CT molecular complexity index is 310. The summed E-state index contributed by atoms with van der Waals surface area (Å²) in [6, 6.07) is 1.64. The van der Waals surface area contributed by atoms with Gasteiger partial charge in [-0.2, -0.15) is 0 Å². The van der Waals surface area contributed by atoms with Crippen molar-refractivity contribution in [1.29, 1.82) is 0 Å². The highest BCUT2D eigenvalue weighted by atomic mass is 15.2. The molecule has 0 bridgehead atoms. The molecule has 3 nitrogen and oxygen atoms in total. The van der Waals surface area contributed by atoms with Gasteiger partial charge in [0.05, 0.1) is 0 Å². The molecule has 0 aromatic rings. The fourth-order valence-corrected chi connectivity index (χ4v) is 4.17. The van der Waals surface area contributed by atoms with Crippen molar-refractivity contribution in [1.82, 2.24) is 9.80 Å². The van der Waals surface area contributed by atoms with Crippen LogP contribution in [0.4, 0.5) is 0 Å². The highest BCUT2D eigenvalue weighted by Gasteiger charge is 2.38. The molecule has 1 saturated heterocycles. The molecule has 3 heteroatoms. The molecule has 4 atom stereocenters. The van der Waals surface area contributed by atoms with Gasteiger partial charge in [-0.15, -0.1) is 0 Å². The second-order valence-corrected chi connectivity index (χ2v) is 8.33. The minimum absolute atomic E-state index is 0.367. The zero-order valence-corrected chi connectivity index (χ0v) is 14.2. The summed E-state index contributed by atoms with van der Waals surface area (Å²) in [5.41, 5.74) is 6.89. The average Bonchev–Trinajstić information content (AvgIpc) is 2.37. The van der Waals surface area contributed by atoms with Gasteiger partial charge in [0.1, 0.15) is 0 Å². The van der Waals surface area contributed by atoms with E-state index in [0.29, 0.717) is 23.5 Å². The van der Waals surface area contributed by atoms with E-state index in [1.165, 1.54) is 45.2 Å². The topological polar surface area (TPSA) is 32.5 Å². The first-order valence-corrected chi connectivity index (χ1v) is 8.45. The quantitative estimate of drug-likeness (QED) is 0.844. The Hall–Kier alpha value is -0.120. The van der Waals surface area contributed by atoms with E-state index in [2.05, 4.69) is 44.7 Å². The van der Waals surface area contributed by atoms with Crippen LogP contribution in [0.3, 0.4) is 0 Å². The van der Waals surface area contributed by atoms with Crippen molar-refractivity contribution in [3.63, 3.8) is 0 Å². The highest BCUT2D eigenvalue weighted by Crippen LogP contribution is 2.39. The summed E-state index contributed by atoms with van der Waals surface area (Å²) < 4.78 is 0. The van der Waals surface area contributed by atoms with Crippen LogP contribution >= 0.6 is 0 Å². The first-order chi connectivity index (χ1) is 9.29. The van der Waals surface area contributed by atoms with Crippen LogP contribution in [-0.4, -0.2) is 55.1 Å². The molecule has 1 saturated carbocycles. The van der Waals surface area contributed by atoms with Crippen molar-refractivity contribution in [2.45, 2.75) is 71.0 Å². The number of nitrogens with zero attached hydrogens (tertiary/aromatic N) is 2. The van der Waals surface area contributed by atoms with E-state index in [4.69, 9.17) is 5.73 Å². The lowest BCUT2D eigenvalue weighted by Crippen LogP contribution is -2.57. The van der Waals surface area contributed by atoms with Crippen LogP contribution in [0.15, 0.2) is 0 Å². The summed E-state index contributed by atoms with van der Waals surface area (Å²) in [6.45, 7) is 9.63. The summed E-state index contributed by atoms with van der Waals surface area (Å²) in [5.74, 6) is 0.816. The molecule has 0 spiro atoms. The molecule has 1 heterocycles. The number of likely N-dealkylation sites (tertiary alicyclic amines) is 1. The van der Waals surface area contributed by atoms with Crippen molar-refractivity contribution in [3.05, 3.63) is 0 Å². The molecule has 0 aromatic heterocycles.